The summed E-state index contributed by atoms with van der Waals surface area (Å²) in [5.41, 5.74) is 7.09. The van der Waals surface area contributed by atoms with Crippen LogP contribution in [0.25, 0.3) is 0 Å². The van der Waals surface area contributed by atoms with Gasteiger partial charge in [-0.15, -0.1) is 0 Å². The number of nitrogens with two attached hydrogens (primary N) is 1. The van der Waals surface area contributed by atoms with Crippen molar-refractivity contribution in [3.8, 4) is 17.9 Å². The number of hydrogen-bond donors (Lipinski definition) is 1. The van der Waals surface area contributed by atoms with Crippen molar-refractivity contribution in [2.75, 3.05) is 0 Å². The maximum Gasteiger partial charge on any atom is 0.248 e. The van der Waals surface area contributed by atoms with Crippen molar-refractivity contribution in [2.24, 2.45) is 5.73 Å². The second kappa shape index (κ2) is 5.48. The lowest BCUT2D eigenvalue weighted by Crippen LogP contribution is -2.10. The van der Waals surface area contributed by atoms with Crippen LogP contribution in [0.5, 0.6) is 0 Å². The number of nitriles is 1. The molecule has 90 valence electrons. The van der Waals surface area contributed by atoms with Crippen LogP contribution in [0.2, 0.25) is 0 Å². The van der Waals surface area contributed by atoms with E-state index in [4.69, 9.17) is 11.0 Å². The van der Waals surface area contributed by atoms with Gasteiger partial charge in [0.2, 0.25) is 5.91 Å². The van der Waals surface area contributed by atoms with Gasteiger partial charge in [0, 0.05) is 11.1 Å². The molecule has 0 saturated carbocycles. The first-order valence-electron chi connectivity index (χ1n) is 5.48. The average molecular weight is 247 g/mol. The van der Waals surface area contributed by atoms with Gasteiger partial charge in [-0.1, -0.05) is 18.1 Å². The molecule has 0 aliphatic rings. The van der Waals surface area contributed by atoms with Gasteiger partial charge in [0.25, 0.3) is 0 Å². The van der Waals surface area contributed by atoms with E-state index >= 15 is 0 Å². The van der Waals surface area contributed by atoms with Gasteiger partial charge in [-0.2, -0.15) is 5.26 Å². The lowest BCUT2D eigenvalue weighted by atomic mass is 10.1. The molecule has 0 spiro atoms. The summed E-state index contributed by atoms with van der Waals surface area (Å²) < 4.78 is 0. The van der Waals surface area contributed by atoms with Crippen molar-refractivity contribution < 1.29 is 4.79 Å². The van der Waals surface area contributed by atoms with Gasteiger partial charge >= 0.3 is 0 Å². The largest absolute Gasteiger partial charge is 0.366 e. The molecule has 1 aromatic heterocycles. The van der Waals surface area contributed by atoms with Crippen LogP contribution in [-0.2, 0) is 0 Å². The summed E-state index contributed by atoms with van der Waals surface area (Å²) in [7, 11) is 0. The Morgan fingerprint density at radius 1 is 1.11 bits per heavy atom. The van der Waals surface area contributed by atoms with Gasteiger partial charge in [-0.3, -0.25) is 4.79 Å². The quantitative estimate of drug-likeness (QED) is 0.774. The zero-order chi connectivity index (χ0) is 13.7. The van der Waals surface area contributed by atoms with E-state index in [2.05, 4.69) is 16.8 Å². The highest BCUT2D eigenvalue weighted by molar-refractivity contribution is 5.93. The van der Waals surface area contributed by atoms with Crippen molar-refractivity contribution in [2.45, 2.75) is 0 Å². The molecule has 1 aromatic carbocycles. The molecule has 2 aromatic rings. The van der Waals surface area contributed by atoms with Crippen LogP contribution in [-0.4, -0.2) is 10.9 Å². The topological polar surface area (TPSA) is 79.8 Å². The minimum Gasteiger partial charge on any atom is -0.366 e. The summed E-state index contributed by atoms with van der Waals surface area (Å²) in [6.45, 7) is 0. The van der Waals surface area contributed by atoms with Crippen LogP contribution in [0.4, 0.5) is 0 Å². The van der Waals surface area contributed by atoms with Gasteiger partial charge in [-0.05, 0) is 36.3 Å². The van der Waals surface area contributed by atoms with E-state index < -0.39 is 5.91 Å². The van der Waals surface area contributed by atoms with E-state index in [-0.39, 0.29) is 0 Å². The van der Waals surface area contributed by atoms with Crippen LogP contribution < -0.4 is 5.73 Å². The number of nitrogens with zero attached hydrogens (tertiary/aromatic N) is 2. The van der Waals surface area contributed by atoms with E-state index in [1.807, 2.05) is 6.07 Å². The van der Waals surface area contributed by atoms with Gasteiger partial charge in [-0.25, -0.2) is 4.98 Å². The second-order valence-corrected chi connectivity index (χ2v) is 3.71. The first-order valence-corrected chi connectivity index (χ1v) is 5.48. The molecule has 1 heterocycles. The Morgan fingerprint density at radius 2 is 1.84 bits per heavy atom. The minimum atomic E-state index is -0.492. The molecule has 0 aliphatic heterocycles. The minimum absolute atomic E-state index is 0.317. The molecule has 0 fully saturated rings. The maximum atomic E-state index is 11.0. The molecule has 2 N–H and O–H groups in total. The molecule has 19 heavy (non-hydrogen) atoms. The van der Waals surface area contributed by atoms with Crippen molar-refractivity contribution in [1.29, 1.82) is 5.26 Å². The van der Waals surface area contributed by atoms with Crippen molar-refractivity contribution >= 4 is 5.91 Å². The van der Waals surface area contributed by atoms with E-state index in [9.17, 15) is 4.79 Å². The summed E-state index contributed by atoms with van der Waals surface area (Å²) in [4.78, 5) is 15.1. The molecule has 0 unspecified atom stereocenters. The van der Waals surface area contributed by atoms with Crippen molar-refractivity contribution in [3.63, 3.8) is 0 Å². The predicted molar refractivity (Wildman–Crippen MR) is 69.9 cm³/mol. The Balaban J connectivity index is 2.31. The molecular formula is C15H9N3O. The molecule has 1 amide bonds. The van der Waals surface area contributed by atoms with Crippen LogP contribution in [0, 0.1) is 23.2 Å². The fourth-order valence-electron chi connectivity index (χ4n) is 1.45. The first kappa shape index (κ1) is 12.3. The Hall–Kier alpha value is -3.11. The molecule has 4 nitrogen and oxygen atoms in total. The number of aromatic nitrogens is 1. The zero-order valence-electron chi connectivity index (χ0n) is 9.92. The predicted octanol–water partition coefficient (Wildman–Crippen LogP) is 1.45. The monoisotopic (exact) mass is 247 g/mol. The summed E-state index contributed by atoms with van der Waals surface area (Å²) in [6.07, 6.45) is 0. The molecule has 0 radical (unpaired) electrons. The van der Waals surface area contributed by atoms with Crippen LogP contribution in [0.3, 0.4) is 0 Å². The van der Waals surface area contributed by atoms with Gasteiger partial charge in [0.05, 0.1) is 0 Å². The smallest absolute Gasteiger partial charge is 0.248 e. The summed E-state index contributed by atoms with van der Waals surface area (Å²) in [5.74, 6) is 5.22. The molecule has 0 atom stereocenters. The lowest BCUT2D eigenvalue weighted by molar-refractivity contribution is 0.100. The number of carbonyl (C=O) groups excluding carboxylic acids is 1. The molecule has 0 bridgehead atoms. The fourth-order valence-corrected chi connectivity index (χ4v) is 1.45. The van der Waals surface area contributed by atoms with Gasteiger partial charge in [0.1, 0.15) is 17.5 Å². The van der Waals surface area contributed by atoms with Crippen molar-refractivity contribution in [3.05, 3.63) is 65.0 Å². The molecule has 2 rings (SSSR count). The van der Waals surface area contributed by atoms with E-state index in [0.29, 0.717) is 22.5 Å². The van der Waals surface area contributed by atoms with Gasteiger partial charge < -0.3 is 5.73 Å². The number of amides is 1. The van der Waals surface area contributed by atoms with Crippen LogP contribution in [0.1, 0.15) is 27.3 Å². The summed E-state index contributed by atoms with van der Waals surface area (Å²) in [6, 6.07) is 13.7. The number of primary amides is 1. The highest BCUT2D eigenvalue weighted by atomic mass is 16.1. The third kappa shape index (κ3) is 3.18. The summed E-state index contributed by atoms with van der Waals surface area (Å²) >= 11 is 0. The number of pyridine rings is 1. The Labute approximate surface area is 110 Å². The second-order valence-electron chi connectivity index (χ2n) is 3.71. The third-order valence-corrected chi connectivity index (χ3v) is 2.35. The fraction of sp³-hybridized carbons (Fsp3) is 0. The number of rotatable bonds is 1. The maximum absolute atomic E-state index is 11.0. The lowest BCUT2D eigenvalue weighted by Gasteiger charge is -1.95. The molecule has 0 aliphatic carbocycles. The molecule has 4 heteroatoms. The van der Waals surface area contributed by atoms with Crippen LogP contribution >= 0.6 is 0 Å². The van der Waals surface area contributed by atoms with E-state index in [1.165, 1.54) is 0 Å². The Kier molecular flexibility index (Phi) is 3.56. The standard InChI is InChI=1S/C15H9N3O/c16-10-14-6-2-5-13(18-14)8-7-11-3-1-4-12(9-11)15(17)19/h1-6,9H,(H2,17,19). The first-order chi connectivity index (χ1) is 9.19. The van der Waals surface area contributed by atoms with Crippen molar-refractivity contribution in [1.82, 2.24) is 4.98 Å². The normalized spacial score (nSPS) is 9.00. The Morgan fingerprint density at radius 3 is 2.58 bits per heavy atom. The Bertz CT molecular complexity index is 733. The highest BCUT2D eigenvalue weighted by Crippen LogP contribution is 2.04. The summed E-state index contributed by atoms with van der Waals surface area (Å²) in [5, 5.41) is 8.73. The van der Waals surface area contributed by atoms with Crippen LogP contribution in [0.15, 0.2) is 42.5 Å². The molecule has 0 saturated heterocycles. The average Bonchev–Trinajstić information content (AvgIpc) is 2.45. The highest BCUT2D eigenvalue weighted by Gasteiger charge is 1.99. The van der Waals surface area contributed by atoms with E-state index in [0.717, 1.165) is 0 Å². The number of carbonyl (C=O) groups is 1. The number of benzene rings is 1. The zero-order valence-corrected chi connectivity index (χ0v) is 9.92. The van der Waals surface area contributed by atoms with E-state index in [1.54, 1.807) is 42.5 Å². The number of hydrogen-bond acceptors (Lipinski definition) is 3. The SMILES string of the molecule is N#Cc1cccc(C#Cc2cccc(C(N)=O)c2)n1. The third-order valence-electron chi connectivity index (χ3n) is 2.35. The molecular weight excluding hydrogens is 238 g/mol. The van der Waals surface area contributed by atoms with Gasteiger partial charge in [0.15, 0.2) is 0 Å².